The molecule has 2 rings (SSSR count). The highest BCUT2D eigenvalue weighted by atomic mass is 16.5. The van der Waals surface area contributed by atoms with Crippen LogP contribution < -0.4 is 4.74 Å². The molecule has 1 aromatic heterocycles. The first-order valence-corrected chi connectivity index (χ1v) is 6.28. The SMILES string of the molecule is COc1ccccc1C(=O)/C=C/C(C)=C/c1ccco1. The molecule has 3 nitrogen and oxygen atoms in total. The van der Waals surface area contributed by atoms with Crippen LogP contribution in [0.1, 0.15) is 23.0 Å². The van der Waals surface area contributed by atoms with Crippen LogP contribution >= 0.6 is 0 Å². The standard InChI is InChI=1S/C17H16O3/c1-13(12-14-6-5-11-20-14)9-10-16(18)15-7-3-4-8-17(15)19-2/h3-12H,1-2H3/b10-9+,13-12+. The predicted molar refractivity (Wildman–Crippen MR) is 78.8 cm³/mol. The fraction of sp³-hybridized carbons (Fsp3) is 0.118. The number of para-hydroxylation sites is 1. The van der Waals surface area contributed by atoms with Gasteiger partial charge in [-0.05, 0) is 48.9 Å². The van der Waals surface area contributed by atoms with Gasteiger partial charge in [-0.3, -0.25) is 4.79 Å². The van der Waals surface area contributed by atoms with Crippen LogP contribution in [0, 0.1) is 0 Å². The van der Waals surface area contributed by atoms with Crippen molar-refractivity contribution in [1.29, 1.82) is 0 Å². The molecular formula is C17H16O3. The van der Waals surface area contributed by atoms with Gasteiger partial charge >= 0.3 is 0 Å². The first-order valence-electron chi connectivity index (χ1n) is 6.28. The molecule has 0 fully saturated rings. The molecule has 0 saturated carbocycles. The summed E-state index contributed by atoms with van der Waals surface area (Å²) in [5.74, 6) is 1.25. The molecule has 0 atom stereocenters. The number of ether oxygens (including phenoxy) is 1. The van der Waals surface area contributed by atoms with Crippen LogP contribution in [0.2, 0.25) is 0 Å². The van der Waals surface area contributed by atoms with E-state index in [4.69, 9.17) is 9.15 Å². The van der Waals surface area contributed by atoms with Crippen LogP contribution in [-0.2, 0) is 0 Å². The molecule has 0 radical (unpaired) electrons. The highest BCUT2D eigenvalue weighted by Gasteiger charge is 2.07. The maximum Gasteiger partial charge on any atom is 0.189 e. The van der Waals surface area contributed by atoms with E-state index in [1.54, 1.807) is 31.6 Å². The summed E-state index contributed by atoms with van der Waals surface area (Å²) in [6.07, 6.45) is 6.78. The van der Waals surface area contributed by atoms with Gasteiger partial charge in [0.1, 0.15) is 11.5 Å². The zero-order chi connectivity index (χ0) is 14.4. The second kappa shape index (κ2) is 6.57. The van der Waals surface area contributed by atoms with E-state index >= 15 is 0 Å². The van der Waals surface area contributed by atoms with Crippen molar-refractivity contribution in [1.82, 2.24) is 0 Å². The summed E-state index contributed by atoms with van der Waals surface area (Å²) < 4.78 is 10.4. The molecular weight excluding hydrogens is 252 g/mol. The summed E-state index contributed by atoms with van der Waals surface area (Å²) in [4.78, 5) is 12.1. The third kappa shape index (κ3) is 3.48. The highest BCUT2D eigenvalue weighted by Crippen LogP contribution is 2.18. The number of rotatable bonds is 5. The van der Waals surface area contributed by atoms with Gasteiger partial charge in [-0.25, -0.2) is 0 Å². The lowest BCUT2D eigenvalue weighted by Gasteiger charge is -2.04. The predicted octanol–water partition coefficient (Wildman–Crippen LogP) is 4.13. The van der Waals surface area contributed by atoms with E-state index in [-0.39, 0.29) is 5.78 Å². The largest absolute Gasteiger partial charge is 0.496 e. The number of carbonyl (C=O) groups excluding carboxylic acids is 1. The van der Waals surface area contributed by atoms with Crippen LogP contribution in [-0.4, -0.2) is 12.9 Å². The Morgan fingerprint density at radius 2 is 1.95 bits per heavy atom. The fourth-order valence-electron chi connectivity index (χ4n) is 1.79. The van der Waals surface area contributed by atoms with Gasteiger partial charge < -0.3 is 9.15 Å². The minimum atomic E-state index is -0.0883. The fourth-order valence-corrected chi connectivity index (χ4v) is 1.79. The summed E-state index contributed by atoms with van der Waals surface area (Å²) in [7, 11) is 1.55. The minimum Gasteiger partial charge on any atom is -0.496 e. The van der Waals surface area contributed by atoms with Crippen LogP contribution in [0.15, 0.2) is 64.8 Å². The average Bonchev–Trinajstić information content (AvgIpc) is 2.97. The van der Waals surface area contributed by atoms with E-state index in [0.717, 1.165) is 11.3 Å². The Bertz CT molecular complexity index is 634. The van der Waals surface area contributed by atoms with Crippen molar-refractivity contribution >= 4 is 11.9 Å². The summed E-state index contributed by atoms with van der Waals surface area (Å²) >= 11 is 0. The van der Waals surface area contributed by atoms with Gasteiger partial charge in [-0.1, -0.05) is 18.2 Å². The smallest absolute Gasteiger partial charge is 0.189 e. The summed E-state index contributed by atoms with van der Waals surface area (Å²) in [6, 6.07) is 10.8. The molecule has 102 valence electrons. The molecule has 2 aromatic rings. The lowest BCUT2D eigenvalue weighted by Crippen LogP contribution is -1.98. The first kappa shape index (κ1) is 13.9. The Labute approximate surface area is 118 Å². The third-order valence-corrected chi connectivity index (χ3v) is 2.78. The Morgan fingerprint density at radius 1 is 1.15 bits per heavy atom. The maximum absolute atomic E-state index is 12.1. The summed E-state index contributed by atoms with van der Waals surface area (Å²) in [5, 5.41) is 0. The molecule has 0 aliphatic rings. The average molecular weight is 268 g/mol. The normalized spacial score (nSPS) is 11.8. The molecule has 1 aromatic carbocycles. The monoisotopic (exact) mass is 268 g/mol. The molecule has 0 amide bonds. The van der Waals surface area contributed by atoms with Crippen LogP contribution in [0.25, 0.3) is 6.08 Å². The molecule has 0 aliphatic heterocycles. The molecule has 0 saturated heterocycles. The molecule has 0 unspecified atom stereocenters. The molecule has 0 spiro atoms. The van der Waals surface area contributed by atoms with Gasteiger partial charge in [0.15, 0.2) is 5.78 Å². The first-order chi connectivity index (χ1) is 9.70. The Kier molecular flexibility index (Phi) is 4.56. The summed E-state index contributed by atoms with van der Waals surface area (Å²) in [6.45, 7) is 1.91. The number of carbonyl (C=O) groups is 1. The van der Waals surface area contributed by atoms with Crippen molar-refractivity contribution in [3.63, 3.8) is 0 Å². The van der Waals surface area contributed by atoms with Gasteiger partial charge in [-0.15, -0.1) is 0 Å². The second-order valence-corrected chi connectivity index (χ2v) is 4.30. The van der Waals surface area contributed by atoms with Crippen LogP contribution in [0.3, 0.4) is 0 Å². The number of ketones is 1. The number of allylic oxidation sites excluding steroid dienone is 3. The van der Waals surface area contributed by atoms with E-state index in [0.29, 0.717) is 11.3 Å². The maximum atomic E-state index is 12.1. The Hall–Kier alpha value is -2.55. The Balaban J connectivity index is 2.13. The number of methoxy groups -OCH3 is 1. The van der Waals surface area contributed by atoms with Gasteiger partial charge in [0, 0.05) is 0 Å². The van der Waals surface area contributed by atoms with Crippen LogP contribution in [0.5, 0.6) is 5.75 Å². The lowest BCUT2D eigenvalue weighted by atomic mass is 10.1. The highest BCUT2D eigenvalue weighted by molar-refractivity contribution is 6.06. The number of furan rings is 1. The molecule has 20 heavy (non-hydrogen) atoms. The molecule has 1 heterocycles. The van der Waals surface area contributed by atoms with Crippen molar-refractivity contribution in [2.75, 3.05) is 7.11 Å². The van der Waals surface area contributed by atoms with E-state index < -0.39 is 0 Å². The van der Waals surface area contributed by atoms with Crippen molar-refractivity contribution in [3.05, 3.63) is 71.7 Å². The van der Waals surface area contributed by atoms with E-state index in [1.165, 1.54) is 6.08 Å². The van der Waals surface area contributed by atoms with Crippen molar-refractivity contribution in [2.45, 2.75) is 6.92 Å². The zero-order valence-electron chi connectivity index (χ0n) is 11.5. The number of hydrogen-bond donors (Lipinski definition) is 0. The second-order valence-electron chi connectivity index (χ2n) is 4.30. The molecule has 0 aliphatic carbocycles. The van der Waals surface area contributed by atoms with Gasteiger partial charge in [-0.2, -0.15) is 0 Å². The molecule has 0 bridgehead atoms. The molecule has 0 N–H and O–H groups in total. The van der Waals surface area contributed by atoms with Gasteiger partial charge in [0.25, 0.3) is 0 Å². The third-order valence-electron chi connectivity index (χ3n) is 2.78. The minimum absolute atomic E-state index is 0.0883. The van der Waals surface area contributed by atoms with Gasteiger partial charge in [0.2, 0.25) is 0 Å². The Morgan fingerprint density at radius 3 is 2.65 bits per heavy atom. The van der Waals surface area contributed by atoms with E-state index in [9.17, 15) is 4.79 Å². The zero-order valence-corrected chi connectivity index (χ0v) is 11.5. The quantitative estimate of drug-likeness (QED) is 0.465. The van der Waals surface area contributed by atoms with E-state index in [2.05, 4.69) is 0 Å². The van der Waals surface area contributed by atoms with Gasteiger partial charge in [0.05, 0.1) is 18.9 Å². The number of benzene rings is 1. The topological polar surface area (TPSA) is 39.4 Å². The summed E-state index contributed by atoms with van der Waals surface area (Å²) in [5.41, 5.74) is 1.49. The molecule has 3 heteroatoms. The van der Waals surface area contributed by atoms with Crippen molar-refractivity contribution in [2.24, 2.45) is 0 Å². The lowest BCUT2D eigenvalue weighted by molar-refractivity contribution is 0.104. The number of hydrogen-bond acceptors (Lipinski definition) is 3. The van der Waals surface area contributed by atoms with Crippen LogP contribution in [0.4, 0.5) is 0 Å². The van der Waals surface area contributed by atoms with E-state index in [1.807, 2.05) is 37.3 Å². The van der Waals surface area contributed by atoms with Crippen molar-refractivity contribution < 1.29 is 13.9 Å². The van der Waals surface area contributed by atoms with Crippen molar-refractivity contribution in [3.8, 4) is 5.75 Å².